The Morgan fingerprint density at radius 1 is 1.04 bits per heavy atom. The number of nitrogens with one attached hydrogen (secondary N) is 1. The first-order valence-corrected chi connectivity index (χ1v) is 7.33. The topological polar surface area (TPSA) is 58.6 Å². The Balaban J connectivity index is 1.93. The summed E-state index contributed by atoms with van der Waals surface area (Å²) in [5, 5.41) is 2.82. The first-order chi connectivity index (χ1) is 11.1. The standard InChI is InChI=1S/C18H20N2O3/c1-14(21)20(16-6-4-3-5-7-16)13-18(22)19-12-15-8-10-17(23-2)11-9-15/h3-11H,12-13H2,1-2H3,(H,19,22). The molecule has 0 unspecified atom stereocenters. The molecular weight excluding hydrogens is 292 g/mol. The molecule has 0 fully saturated rings. The van der Waals surface area contributed by atoms with Gasteiger partial charge in [-0.2, -0.15) is 0 Å². The Labute approximate surface area is 135 Å². The van der Waals surface area contributed by atoms with E-state index >= 15 is 0 Å². The monoisotopic (exact) mass is 312 g/mol. The zero-order valence-corrected chi connectivity index (χ0v) is 13.3. The summed E-state index contributed by atoms with van der Waals surface area (Å²) in [6.07, 6.45) is 0. The molecule has 2 rings (SSSR count). The van der Waals surface area contributed by atoms with E-state index in [9.17, 15) is 9.59 Å². The highest BCUT2D eigenvalue weighted by Gasteiger charge is 2.15. The molecule has 1 N–H and O–H groups in total. The van der Waals surface area contributed by atoms with Crippen molar-refractivity contribution in [2.24, 2.45) is 0 Å². The molecule has 2 aromatic carbocycles. The number of methoxy groups -OCH3 is 1. The number of nitrogens with zero attached hydrogens (tertiary/aromatic N) is 1. The smallest absolute Gasteiger partial charge is 0.240 e. The summed E-state index contributed by atoms with van der Waals surface area (Å²) in [7, 11) is 1.61. The third-order valence-corrected chi connectivity index (χ3v) is 3.40. The van der Waals surface area contributed by atoms with Crippen LogP contribution in [0, 0.1) is 0 Å². The van der Waals surface area contributed by atoms with Gasteiger partial charge in [0.25, 0.3) is 0 Å². The second-order valence-electron chi connectivity index (χ2n) is 5.07. The number of ether oxygens (including phenoxy) is 1. The van der Waals surface area contributed by atoms with E-state index in [2.05, 4.69) is 5.32 Å². The molecule has 0 atom stereocenters. The molecule has 0 heterocycles. The first kappa shape index (κ1) is 16.5. The molecule has 0 aliphatic heterocycles. The average Bonchev–Trinajstić information content (AvgIpc) is 2.58. The van der Waals surface area contributed by atoms with Gasteiger partial charge in [0.1, 0.15) is 12.3 Å². The summed E-state index contributed by atoms with van der Waals surface area (Å²) in [6, 6.07) is 16.6. The largest absolute Gasteiger partial charge is 0.497 e. The van der Waals surface area contributed by atoms with Gasteiger partial charge in [-0.05, 0) is 29.8 Å². The van der Waals surface area contributed by atoms with Crippen molar-refractivity contribution in [2.75, 3.05) is 18.6 Å². The molecule has 120 valence electrons. The summed E-state index contributed by atoms with van der Waals surface area (Å²) in [5.74, 6) is 0.391. The van der Waals surface area contributed by atoms with E-state index in [0.29, 0.717) is 12.2 Å². The molecule has 5 nitrogen and oxygen atoms in total. The van der Waals surface area contributed by atoms with Gasteiger partial charge < -0.3 is 15.0 Å². The number of amides is 2. The molecule has 0 bridgehead atoms. The van der Waals surface area contributed by atoms with Crippen LogP contribution >= 0.6 is 0 Å². The van der Waals surface area contributed by atoms with E-state index < -0.39 is 0 Å². The van der Waals surface area contributed by atoms with Crippen LogP contribution in [-0.4, -0.2) is 25.5 Å². The van der Waals surface area contributed by atoms with Crippen molar-refractivity contribution < 1.29 is 14.3 Å². The minimum absolute atomic E-state index is 0.00446. The Kier molecular flexibility index (Phi) is 5.74. The zero-order valence-electron chi connectivity index (χ0n) is 13.3. The van der Waals surface area contributed by atoms with Gasteiger partial charge >= 0.3 is 0 Å². The molecule has 5 heteroatoms. The number of carbonyl (C=O) groups is 2. The van der Waals surface area contributed by atoms with Crippen LogP contribution in [0.15, 0.2) is 54.6 Å². The van der Waals surface area contributed by atoms with Crippen molar-refractivity contribution in [1.82, 2.24) is 5.32 Å². The summed E-state index contributed by atoms with van der Waals surface area (Å²) in [4.78, 5) is 25.3. The maximum atomic E-state index is 12.1. The van der Waals surface area contributed by atoms with E-state index in [0.717, 1.165) is 11.3 Å². The van der Waals surface area contributed by atoms with Crippen LogP contribution < -0.4 is 15.0 Å². The minimum Gasteiger partial charge on any atom is -0.497 e. The quantitative estimate of drug-likeness (QED) is 0.891. The van der Waals surface area contributed by atoms with Crippen LogP contribution in [-0.2, 0) is 16.1 Å². The lowest BCUT2D eigenvalue weighted by Gasteiger charge is -2.20. The molecule has 0 aliphatic carbocycles. The van der Waals surface area contributed by atoms with Crippen LogP contribution in [0.5, 0.6) is 5.75 Å². The maximum absolute atomic E-state index is 12.1. The van der Waals surface area contributed by atoms with Gasteiger partial charge in [-0.15, -0.1) is 0 Å². The lowest BCUT2D eigenvalue weighted by atomic mass is 10.2. The average molecular weight is 312 g/mol. The molecule has 0 saturated carbocycles. The fourth-order valence-electron chi connectivity index (χ4n) is 2.14. The molecule has 0 saturated heterocycles. The van der Waals surface area contributed by atoms with Crippen molar-refractivity contribution in [1.29, 1.82) is 0 Å². The van der Waals surface area contributed by atoms with Crippen molar-refractivity contribution in [3.8, 4) is 5.75 Å². The molecule has 2 aromatic rings. The van der Waals surface area contributed by atoms with Gasteiger partial charge in [-0.3, -0.25) is 9.59 Å². The fraction of sp³-hybridized carbons (Fsp3) is 0.222. The van der Waals surface area contributed by atoms with Crippen LogP contribution in [0.3, 0.4) is 0 Å². The highest BCUT2D eigenvalue weighted by Crippen LogP contribution is 2.13. The van der Waals surface area contributed by atoms with Crippen molar-refractivity contribution in [3.63, 3.8) is 0 Å². The number of carbonyl (C=O) groups excluding carboxylic acids is 2. The highest BCUT2D eigenvalue weighted by molar-refractivity contribution is 5.97. The van der Waals surface area contributed by atoms with Crippen molar-refractivity contribution in [2.45, 2.75) is 13.5 Å². The van der Waals surface area contributed by atoms with Crippen LogP contribution in [0.1, 0.15) is 12.5 Å². The number of benzene rings is 2. The minimum atomic E-state index is -0.208. The second kappa shape index (κ2) is 7.98. The molecule has 0 aromatic heterocycles. The molecule has 23 heavy (non-hydrogen) atoms. The predicted octanol–water partition coefficient (Wildman–Crippen LogP) is 2.36. The summed E-state index contributed by atoms with van der Waals surface area (Å²) >= 11 is 0. The van der Waals surface area contributed by atoms with Gasteiger partial charge in [-0.1, -0.05) is 30.3 Å². The third kappa shape index (κ3) is 4.85. The van der Waals surface area contributed by atoms with Gasteiger partial charge in [0.2, 0.25) is 11.8 Å². The number of anilines is 1. The number of rotatable bonds is 6. The van der Waals surface area contributed by atoms with Crippen molar-refractivity contribution in [3.05, 3.63) is 60.2 Å². The third-order valence-electron chi connectivity index (χ3n) is 3.40. The Hall–Kier alpha value is -2.82. The SMILES string of the molecule is COc1ccc(CNC(=O)CN(C(C)=O)c2ccccc2)cc1. The maximum Gasteiger partial charge on any atom is 0.240 e. The normalized spacial score (nSPS) is 10.0. The zero-order chi connectivity index (χ0) is 16.7. The van der Waals surface area contributed by atoms with Gasteiger partial charge in [0.15, 0.2) is 0 Å². The number of hydrogen-bond donors (Lipinski definition) is 1. The summed E-state index contributed by atoms with van der Waals surface area (Å²) < 4.78 is 5.09. The van der Waals surface area contributed by atoms with E-state index in [4.69, 9.17) is 4.74 Å². The Bertz CT molecular complexity index is 654. The second-order valence-corrected chi connectivity index (χ2v) is 5.07. The van der Waals surface area contributed by atoms with Crippen molar-refractivity contribution >= 4 is 17.5 Å². The molecule has 0 radical (unpaired) electrons. The van der Waals surface area contributed by atoms with Crippen LogP contribution in [0.25, 0.3) is 0 Å². The van der Waals surface area contributed by atoms with Gasteiger partial charge in [0.05, 0.1) is 7.11 Å². The lowest BCUT2D eigenvalue weighted by Crippen LogP contribution is -2.39. The van der Waals surface area contributed by atoms with E-state index in [1.54, 1.807) is 19.2 Å². The number of hydrogen-bond acceptors (Lipinski definition) is 3. The van der Waals surface area contributed by atoms with Gasteiger partial charge in [0, 0.05) is 19.2 Å². The fourth-order valence-corrected chi connectivity index (χ4v) is 2.14. The van der Waals surface area contributed by atoms with E-state index in [-0.39, 0.29) is 18.4 Å². The van der Waals surface area contributed by atoms with E-state index in [1.807, 2.05) is 42.5 Å². The Morgan fingerprint density at radius 3 is 2.26 bits per heavy atom. The van der Waals surface area contributed by atoms with E-state index in [1.165, 1.54) is 11.8 Å². The Morgan fingerprint density at radius 2 is 1.70 bits per heavy atom. The molecule has 0 aliphatic rings. The first-order valence-electron chi connectivity index (χ1n) is 7.33. The molecule has 0 spiro atoms. The lowest BCUT2D eigenvalue weighted by molar-refractivity contribution is -0.123. The van der Waals surface area contributed by atoms with Crippen LogP contribution in [0.4, 0.5) is 5.69 Å². The number of para-hydroxylation sites is 1. The summed E-state index contributed by atoms with van der Waals surface area (Å²) in [5.41, 5.74) is 1.67. The van der Waals surface area contributed by atoms with Crippen LogP contribution in [0.2, 0.25) is 0 Å². The highest BCUT2D eigenvalue weighted by atomic mass is 16.5. The molecular formula is C18H20N2O3. The van der Waals surface area contributed by atoms with Gasteiger partial charge in [-0.25, -0.2) is 0 Å². The predicted molar refractivity (Wildman–Crippen MR) is 89.3 cm³/mol. The summed E-state index contributed by atoms with van der Waals surface area (Å²) in [6.45, 7) is 1.85. The molecule has 2 amide bonds.